The summed E-state index contributed by atoms with van der Waals surface area (Å²) in [5.74, 6) is 0.0227. The zero-order valence-corrected chi connectivity index (χ0v) is 25.3. The number of likely N-dealkylation sites (N-methyl/N-ethyl adjacent to an activating group) is 1. The van der Waals surface area contributed by atoms with Crippen LogP contribution in [0.5, 0.6) is 11.5 Å². The lowest BCUT2D eigenvalue weighted by atomic mass is 10.0. The lowest BCUT2D eigenvalue weighted by Gasteiger charge is -2.36. The number of hydrogen-bond donors (Lipinski definition) is 2. The second kappa shape index (κ2) is 13.3. The summed E-state index contributed by atoms with van der Waals surface area (Å²) in [6.45, 7) is 4.77. The summed E-state index contributed by atoms with van der Waals surface area (Å²) >= 11 is 1.51. The highest BCUT2D eigenvalue weighted by atomic mass is 32.1. The summed E-state index contributed by atoms with van der Waals surface area (Å²) in [4.78, 5) is 27.1. The van der Waals surface area contributed by atoms with Crippen molar-refractivity contribution in [3.05, 3.63) is 66.2 Å². The van der Waals surface area contributed by atoms with Gasteiger partial charge in [-0.1, -0.05) is 6.07 Å². The van der Waals surface area contributed by atoms with Crippen LogP contribution >= 0.6 is 11.3 Å². The largest absolute Gasteiger partial charge is 0.453 e. The Balaban J connectivity index is 1.08. The van der Waals surface area contributed by atoms with Crippen LogP contribution in [-0.4, -0.2) is 78.3 Å². The van der Waals surface area contributed by atoms with Crippen LogP contribution < -0.4 is 15.4 Å². The minimum Gasteiger partial charge on any atom is -0.453 e. The maximum absolute atomic E-state index is 14.9. The molecule has 0 radical (unpaired) electrons. The van der Waals surface area contributed by atoms with E-state index in [1.165, 1.54) is 29.0 Å². The van der Waals surface area contributed by atoms with Gasteiger partial charge in [0.2, 0.25) is 0 Å². The fraction of sp³-hybridized carbons (Fsp3) is 0.406. The number of likely N-dealkylation sites (tertiary alicyclic amines) is 1. The van der Waals surface area contributed by atoms with E-state index < -0.39 is 5.82 Å². The molecule has 9 nitrogen and oxygen atoms in total. The predicted octanol–water partition coefficient (Wildman–Crippen LogP) is 6.12. The van der Waals surface area contributed by atoms with E-state index in [-0.39, 0.29) is 17.8 Å². The molecule has 0 atom stereocenters. The highest BCUT2D eigenvalue weighted by molar-refractivity contribution is 7.22. The molecule has 1 saturated heterocycles. The van der Waals surface area contributed by atoms with E-state index in [1.54, 1.807) is 25.4 Å². The van der Waals surface area contributed by atoms with Crippen LogP contribution in [0, 0.1) is 5.82 Å². The number of carbonyl (C=O) groups excluding carboxylic acids is 1. The van der Waals surface area contributed by atoms with Crippen molar-refractivity contribution in [1.29, 1.82) is 0 Å². The lowest BCUT2D eigenvalue weighted by Crippen LogP contribution is -2.43. The van der Waals surface area contributed by atoms with Gasteiger partial charge >= 0.3 is 6.03 Å². The van der Waals surface area contributed by atoms with Gasteiger partial charge < -0.3 is 25.0 Å². The zero-order valence-electron chi connectivity index (χ0n) is 24.5. The van der Waals surface area contributed by atoms with Crippen LogP contribution in [0.15, 0.2) is 54.9 Å². The Hall–Kier alpha value is -3.64. The Labute approximate surface area is 255 Å². The number of amides is 2. The molecule has 3 aromatic heterocycles. The first-order valence-corrected chi connectivity index (χ1v) is 15.6. The number of nitrogens with one attached hydrogen (secondary N) is 2. The summed E-state index contributed by atoms with van der Waals surface area (Å²) in [6.07, 6.45) is 7.89. The molecule has 0 unspecified atom stereocenters. The second-order valence-electron chi connectivity index (χ2n) is 11.3. The standard InChI is InChI=1S/C32H37FN6O3S/c1-38(15-16-41-2)24-10-13-39(14-11-24)20-21-3-7-26(35-19-21)30-18-27-31(43-30)29(9-12-34-27)42-28-8-6-23(17-25(28)33)37-32(40)36-22-4-5-22/h3,6-9,12,17-19,22,24H,4-5,10-11,13-16,20H2,1-2H3,(H2,36,37,40). The van der Waals surface area contributed by atoms with Gasteiger partial charge in [0.25, 0.3) is 0 Å². The smallest absolute Gasteiger partial charge is 0.319 e. The van der Waals surface area contributed by atoms with Gasteiger partial charge in [-0.3, -0.25) is 14.9 Å². The number of fused-ring (bicyclic) bond motifs is 1. The molecule has 6 rings (SSSR count). The van der Waals surface area contributed by atoms with Crippen molar-refractivity contribution in [2.24, 2.45) is 0 Å². The Morgan fingerprint density at radius 2 is 1.93 bits per heavy atom. The normalized spacial score (nSPS) is 16.1. The molecule has 4 heterocycles. The van der Waals surface area contributed by atoms with Gasteiger partial charge in [-0.2, -0.15) is 0 Å². The van der Waals surface area contributed by atoms with Crippen molar-refractivity contribution in [3.8, 4) is 22.1 Å². The van der Waals surface area contributed by atoms with Crippen LogP contribution in [-0.2, 0) is 11.3 Å². The number of anilines is 1. The van der Waals surface area contributed by atoms with Crippen molar-refractivity contribution in [2.75, 3.05) is 45.7 Å². The number of halogens is 1. The molecule has 11 heteroatoms. The molecular weight excluding hydrogens is 567 g/mol. The van der Waals surface area contributed by atoms with Crippen LogP contribution in [0.4, 0.5) is 14.9 Å². The number of methoxy groups -OCH3 is 1. The topological polar surface area (TPSA) is 91.9 Å². The highest BCUT2D eigenvalue weighted by Crippen LogP contribution is 2.39. The Bertz CT molecular complexity index is 1550. The summed E-state index contributed by atoms with van der Waals surface area (Å²) in [5, 5.41) is 5.49. The molecule has 2 fully saturated rings. The number of pyridine rings is 2. The van der Waals surface area contributed by atoms with Gasteiger partial charge in [0.1, 0.15) is 5.75 Å². The Morgan fingerprint density at radius 3 is 2.65 bits per heavy atom. The number of aromatic nitrogens is 2. The SMILES string of the molecule is COCCN(C)C1CCN(Cc2ccc(-c3cc4nccc(Oc5ccc(NC(=O)NC6CC6)cc5F)c4s3)nc2)CC1. The molecule has 4 aromatic rings. The first-order chi connectivity index (χ1) is 20.9. The van der Waals surface area contributed by atoms with Crippen molar-refractivity contribution in [1.82, 2.24) is 25.1 Å². The number of nitrogens with zero attached hydrogens (tertiary/aromatic N) is 4. The fourth-order valence-electron chi connectivity index (χ4n) is 5.34. The number of rotatable bonds is 11. The molecule has 0 bridgehead atoms. The number of hydrogen-bond acceptors (Lipinski definition) is 8. The number of urea groups is 1. The minimum atomic E-state index is -0.564. The van der Waals surface area contributed by atoms with Crippen LogP contribution in [0.1, 0.15) is 31.2 Å². The average molecular weight is 605 g/mol. The highest BCUT2D eigenvalue weighted by Gasteiger charge is 2.24. The maximum atomic E-state index is 14.9. The van der Waals surface area contributed by atoms with E-state index in [0.717, 1.165) is 79.3 Å². The van der Waals surface area contributed by atoms with E-state index in [0.29, 0.717) is 17.5 Å². The quantitative estimate of drug-likeness (QED) is 0.213. The fourth-order valence-corrected chi connectivity index (χ4v) is 6.38. The van der Waals surface area contributed by atoms with Gasteiger partial charge in [0, 0.05) is 62.5 Å². The van der Waals surface area contributed by atoms with Crippen molar-refractivity contribution >= 4 is 33.3 Å². The second-order valence-corrected chi connectivity index (χ2v) is 12.3. The third-order valence-corrected chi connectivity index (χ3v) is 9.17. The average Bonchev–Trinajstić information content (AvgIpc) is 3.71. The van der Waals surface area contributed by atoms with Gasteiger partial charge in [0.05, 0.1) is 27.4 Å². The summed E-state index contributed by atoms with van der Waals surface area (Å²) in [6, 6.07) is 12.8. The van der Waals surface area contributed by atoms with Gasteiger partial charge in [0.15, 0.2) is 11.6 Å². The van der Waals surface area contributed by atoms with Gasteiger partial charge in [-0.05, 0) is 75.6 Å². The molecule has 0 spiro atoms. The van der Waals surface area contributed by atoms with E-state index in [2.05, 4.69) is 44.6 Å². The van der Waals surface area contributed by atoms with E-state index in [9.17, 15) is 9.18 Å². The number of carbonyl (C=O) groups is 1. The molecule has 226 valence electrons. The Morgan fingerprint density at radius 1 is 1.09 bits per heavy atom. The molecular formula is C32H37FN6O3S. The van der Waals surface area contributed by atoms with Gasteiger partial charge in [-0.25, -0.2) is 9.18 Å². The number of benzene rings is 1. The molecule has 2 aliphatic rings. The minimum absolute atomic E-state index is 0.0729. The third-order valence-electron chi connectivity index (χ3n) is 8.01. The van der Waals surface area contributed by atoms with Crippen LogP contribution in [0.25, 0.3) is 20.8 Å². The molecule has 1 aliphatic heterocycles. The van der Waals surface area contributed by atoms with Crippen molar-refractivity contribution in [2.45, 2.75) is 44.3 Å². The van der Waals surface area contributed by atoms with Gasteiger partial charge in [-0.15, -0.1) is 11.3 Å². The van der Waals surface area contributed by atoms with Crippen molar-refractivity contribution < 1.29 is 18.7 Å². The lowest BCUT2D eigenvalue weighted by molar-refractivity contribution is 0.0944. The predicted molar refractivity (Wildman–Crippen MR) is 167 cm³/mol. The van der Waals surface area contributed by atoms with Crippen molar-refractivity contribution in [3.63, 3.8) is 0 Å². The van der Waals surface area contributed by atoms with E-state index in [4.69, 9.17) is 14.5 Å². The summed E-state index contributed by atoms with van der Waals surface area (Å²) < 4.78 is 26.9. The first kappa shape index (κ1) is 29.4. The number of thiophene rings is 1. The monoisotopic (exact) mass is 604 g/mol. The maximum Gasteiger partial charge on any atom is 0.319 e. The van der Waals surface area contributed by atoms with E-state index in [1.807, 2.05) is 12.3 Å². The molecule has 43 heavy (non-hydrogen) atoms. The van der Waals surface area contributed by atoms with E-state index >= 15 is 0 Å². The molecule has 1 aliphatic carbocycles. The molecule has 1 aromatic carbocycles. The first-order valence-electron chi connectivity index (χ1n) is 14.8. The molecule has 2 N–H and O–H groups in total. The summed E-state index contributed by atoms with van der Waals surface area (Å²) in [7, 11) is 3.94. The Kier molecular flexibility index (Phi) is 9.13. The van der Waals surface area contributed by atoms with Crippen LogP contribution in [0.3, 0.4) is 0 Å². The number of piperidine rings is 1. The zero-order chi connectivity index (χ0) is 29.8. The summed E-state index contributed by atoms with van der Waals surface area (Å²) in [5.41, 5.74) is 3.18. The molecule has 1 saturated carbocycles. The number of ether oxygens (including phenoxy) is 2. The third kappa shape index (κ3) is 7.48. The molecule has 2 amide bonds. The van der Waals surface area contributed by atoms with Crippen LogP contribution in [0.2, 0.25) is 0 Å².